The number of nitrogens with one attached hydrogen (secondary N) is 1. The fourth-order valence-electron chi connectivity index (χ4n) is 2.83. The Kier molecular flexibility index (Phi) is 5.52. The SMILES string of the molecule is CCc1ccc([C@H](Nc2ccc(C(N)=O)cc2[N+](=O)[O-])c2cccs2)cc1. The zero-order valence-corrected chi connectivity index (χ0v) is 15.5. The quantitative estimate of drug-likeness (QED) is 0.464. The number of rotatable bonds is 7. The van der Waals surface area contributed by atoms with Crippen LogP contribution in [-0.2, 0) is 6.42 Å². The molecule has 1 aromatic heterocycles. The molecule has 2 aromatic carbocycles. The summed E-state index contributed by atoms with van der Waals surface area (Å²) in [6, 6.07) is 16.1. The molecule has 0 bridgehead atoms. The van der Waals surface area contributed by atoms with Crippen LogP contribution in [0.15, 0.2) is 60.0 Å². The maximum Gasteiger partial charge on any atom is 0.293 e. The summed E-state index contributed by atoms with van der Waals surface area (Å²) < 4.78 is 0. The number of nitrogens with zero attached hydrogens (tertiary/aromatic N) is 1. The molecule has 0 fully saturated rings. The van der Waals surface area contributed by atoms with E-state index in [0.717, 1.165) is 16.9 Å². The highest BCUT2D eigenvalue weighted by molar-refractivity contribution is 7.10. The molecule has 0 aliphatic carbocycles. The summed E-state index contributed by atoms with van der Waals surface area (Å²) in [5.41, 5.74) is 7.73. The molecule has 1 atom stereocenters. The van der Waals surface area contributed by atoms with Crippen LogP contribution in [0.5, 0.6) is 0 Å². The summed E-state index contributed by atoms with van der Waals surface area (Å²) in [4.78, 5) is 23.4. The summed E-state index contributed by atoms with van der Waals surface area (Å²) in [6.45, 7) is 2.09. The van der Waals surface area contributed by atoms with E-state index in [1.165, 1.54) is 23.8 Å². The summed E-state index contributed by atoms with van der Waals surface area (Å²) in [5.74, 6) is -0.699. The highest BCUT2D eigenvalue weighted by atomic mass is 32.1. The number of hydrogen-bond donors (Lipinski definition) is 2. The molecule has 7 heteroatoms. The number of anilines is 1. The average Bonchev–Trinajstić information content (AvgIpc) is 3.20. The number of nitrogens with two attached hydrogens (primary N) is 1. The second kappa shape index (κ2) is 8.01. The van der Waals surface area contributed by atoms with E-state index in [1.54, 1.807) is 11.3 Å². The Morgan fingerprint density at radius 1 is 1.22 bits per heavy atom. The zero-order valence-electron chi connectivity index (χ0n) is 14.7. The molecule has 3 aromatic rings. The van der Waals surface area contributed by atoms with Crippen LogP contribution < -0.4 is 11.1 Å². The highest BCUT2D eigenvalue weighted by Crippen LogP contribution is 2.34. The Balaban J connectivity index is 2.02. The molecule has 0 aliphatic rings. The maximum absolute atomic E-state index is 11.5. The molecule has 1 amide bonds. The van der Waals surface area contributed by atoms with Crippen molar-refractivity contribution < 1.29 is 9.72 Å². The lowest BCUT2D eigenvalue weighted by molar-refractivity contribution is -0.384. The molecule has 0 saturated heterocycles. The van der Waals surface area contributed by atoms with Crippen molar-refractivity contribution in [2.45, 2.75) is 19.4 Å². The van der Waals surface area contributed by atoms with Crippen molar-refractivity contribution in [3.05, 3.63) is 91.7 Å². The smallest absolute Gasteiger partial charge is 0.293 e. The van der Waals surface area contributed by atoms with Gasteiger partial charge < -0.3 is 11.1 Å². The van der Waals surface area contributed by atoms with Gasteiger partial charge in [-0.2, -0.15) is 0 Å². The molecule has 0 radical (unpaired) electrons. The van der Waals surface area contributed by atoms with Gasteiger partial charge in [-0.15, -0.1) is 11.3 Å². The zero-order chi connectivity index (χ0) is 19.4. The van der Waals surface area contributed by atoms with Gasteiger partial charge in [0.2, 0.25) is 5.91 Å². The number of hydrogen-bond acceptors (Lipinski definition) is 5. The predicted molar refractivity (Wildman–Crippen MR) is 107 cm³/mol. The van der Waals surface area contributed by atoms with E-state index < -0.39 is 10.8 Å². The van der Waals surface area contributed by atoms with Crippen LogP contribution in [-0.4, -0.2) is 10.8 Å². The predicted octanol–water partition coefficient (Wildman–Crippen LogP) is 4.52. The Labute approximate surface area is 160 Å². The highest BCUT2D eigenvalue weighted by Gasteiger charge is 2.22. The minimum atomic E-state index is -0.699. The van der Waals surface area contributed by atoms with Gasteiger partial charge in [0.25, 0.3) is 5.69 Å². The number of primary amides is 1. The van der Waals surface area contributed by atoms with Gasteiger partial charge in [0.1, 0.15) is 5.69 Å². The molecule has 0 saturated carbocycles. The van der Waals surface area contributed by atoms with Gasteiger partial charge >= 0.3 is 0 Å². The van der Waals surface area contributed by atoms with Crippen LogP contribution in [0.1, 0.15) is 39.3 Å². The molecule has 138 valence electrons. The van der Waals surface area contributed by atoms with Crippen molar-refractivity contribution >= 4 is 28.6 Å². The van der Waals surface area contributed by atoms with Crippen molar-refractivity contribution in [3.63, 3.8) is 0 Å². The van der Waals surface area contributed by atoms with Crippen molar-refractivity contribution in [1.29, 1.82) is 0 Å². The van der Waals surface area contributed by atoms with Gasteiger partial charge in [0.15, 0.2) is 0 Å². The van der Waals surface area contributed by atoms with E-state index in [2.05, 4.69) is 24.4 Å². The summed E-state index contributed by atoms with van der Waals surface area (Å²) in [5, 5.41) is 16.7. The fraction of sp³-hybridized carbons (Fsp3) is 0.150. The van der Waals surface area contributed by atoms with Gasteiger partial charge in [0, 0.05) is 16.5 Å². The number of benzene rings is 2. The van der Waals surface area contributed by atoms with Crippen molar-refractivity contribution in [2.24, 2.45) is 5.73 Å². The van der Waals surface area contributed by atoms with Crippen LogP contribution in [0.2, 0.25) is 0 Å². The number of nitro benzene ring substituents is 1. The number of carbonyl (C=O) groups is 1. The second-order valence-electron chi connectivity index (χ2n) is 6.04. The largest absolute Gasteiger partial charge is 0.368 e. The lowest BCUT2D eigenvalue weighted by atomic mass is 10.0. The number of amides is 1. The molecule has 0 unspecified atom stereocenters. The third-order valence-electron chi connectivity index (χ3n) is 4.33. The minimum absolute atomic E-state index is 0.104. The van der Waals surface area contributed by atoms with E-state index in [1.807, 2.05) is 29.6 Å². The summed E-state index contributed by atoms with van der Waals surface area (Å²) in [6.07, 6.45) is 0.942. The fourth-order valence-corrected chi connectivity index (χ4v) is 3.64. The molecule has 6 nitrogen and oxygen atoms in total. The third-order valence-corrected chi connectivity index (χ3v) is 5.26. The lowest BCUT2D eigenvalue weighted by Gasteiger charge is -2.20. The Morgan fingerprint density at radius 3 is 2.52 bits per heavy atom. The van der Waals surface area contributed by atoms with Crippen molar-refractivity contribution in [2.75, 3.05) is 5.32 Å². The van der Waals surface area contributed by atoms with Gasteiger partial charge in [-0.25, -0.2) is 0 Å². The van der Waals surface area contributed by atoms with Gasteiger partial charge in [-0.3, -0.25) is 14.9 Å². The van der Waals surface area contributed by atoms with E-state index in [4.69, 9.17) is 5.73 Å². The average molecular weight is 381 g/mol. The van der Waals surface area contributed by atoms with Gasteiger partial charge in [0.05, 0.1) is 11.0 Å². The van der Waals surface area contributed by atoms with Crippen molar-refractivity contribution in [3.8, 4) is 0 Å². The molecule has 27 heavy (non-hydrogen) atoms. The number of thiophene rings is 1. The van der Waals surface area contributed by atoms with Crippen LogP contribution in [0.25, 0.3) is 0 Å². The monoisotopic (exact) mass is 381 g/mol. The number of aryl methyl sites for hydroxylation is 1. The summed E-state index contributed by atoms with van der Waals surface area (Å²) in [7, 11) is 0. The molecular weight excluding hydrogens is 362 g/mol. The molecule has 0 spiro atoms. The standard InChI is InChI=1S/C20H19N3O3S/c1-2-13-5-7-14(8-6-13)19(18-4-3-11-27-18)22-16-10-9-15(20(21)24)12-17(16)23(25)26/h3-12,19,22H,2H2,1H3,(H2,21,24)/t19-/m0/s1. The van der Waals surface area contributed by atoms with E-state index >= 15 is 0 Å². The summed E-state index contributed by atoms with van der Waals surface area (Å²) >= 11 is 1.57. The number of nitro groups is 1. The Morgan fingerprint density at radius 2 is 1.96 bits per heavy atom. The Hall–Kier alpha value is -3.19. The topological polar surface area (TPSA) is 98.3 Å². The second-order valence-corrected chi connectivity index (χ2v) is 7.02. The van der Waals surface area contributed by atoms with Crippen LogP contribution >= 0.6 is 11.3 Å². The molecular formula is C20H19N3O3S. The maximum atomic E-state index is 11.5. The third kappa shape index (κ3) is 4.15. The van der Waals surface area contributed by atoms with Gasteiger partial charge in [-0.05, 0) is 41.1 Å². The normalized spacial score (nSPS) is 11.7. The first-order valence-electron chi connectivity index (χ1n) is 8.46. The molecule has 3 N–H and O–H groups in total. The minimum Gasteiger partial charge on any atom is -0.368 e. The first-order valence-corrected chi connectivity index (χ1v) is 9.34. The van der Waals surface area contributed by atoms with E-state index in [9.17, 15) is 14.9 Å². The lowest BCUT2D eigenvalue weighted by Crippen LogP contribution is -2.14. The first kappa shape index (κ1) is 18.6. The number of carbonyl (C=O) groups excluding carboxylic acids is 1. The van der Waals surface area contributed by atoms with Crippen LogP contribution in [0, 0.1) is 10.1 Å². The van der Waals surface area contributed by atoms with Gasteiger partial charge in [-0.1, -0.05) is 37.3 Å². The molecule has 1 heterocycles. The van der Waals surface area contributed by atoms with E-state index in [0.29, 0.717) is 5.69 Å². The first-order chi connectivity index (χ1) is 13.0. The van der Waals surface area contributed by atoms with Crippen molar-refractivity contribution in [1.82, 2.24) is 0 Å². The molecule has 0 aliphatic heterocycles. The van der Waals surface area contributed by atoms with Crippen LogP contribution in [0.4, 0.5) is 11.4 Å². The van der Waals surface area contributed by atoms with E-state index in [-0.39, 0.29) is 17.3 Å². The van der Waals surface area contributed by atoms with Crippen LogP contribution in [0.3, 0.4) is 0 Å². The molecule has 3 rings (SSSR count). The Bertz CT molecular complexity index is 953.